The largest absolute Gasteiger partial charge is 0.441 e. The van der Waals surface area contributed by atoms with Crippen LogP contribution < -0.4 is 5.43 Å². The van der Waals surface area contributed by atoms with Gasteiger partial charge in [-0.05, 0) is 36.6 Å². The van der Waals surface area contributed by atoms with Gasteiger partial charge in [0.05, 0.1) is 11.1 Å². The molecule has 5 rings (SSSR count). The second kappa shape index (κ2) is 6.66. The monoisotopic (exact) mass is 397 g/mol. The van der Waals surface area contributed by atoms with Crippen molar-refractivity contribution in [3.05, 3.63) is 89.3 Å². The van der Waals surface area contributed by atoms with Crippen LogP contribution >= 0.6 is 0 Å². The first-order chi connectivity index (χ1) is 14.5. The zero-order chi connectivity index (χ0) is 20.8. The number of carbonyl (C=O) groups excluding carboxylic acids is 3. The van der Waals surface area contributed by atoms with Crippen molar-refractivity contribution < 1.29 is 18.8 Å². The summed E-state index contributed by atoms with van der Waals surface area (Å²) < 4.78 is 5.61. The summed E-state index contributed by atoms with van der Waals surface area (Å²) in [6, 6.07) is 19.6. The molecule has 0 fully saturated rings. The van der Waals surface area contributed by atoms with Crippen LogP contribution in [0.25, 0.3) is 22.2 Å². The van der Waals surface area contributed by atoms with Crippen molar-refractivity contribution in [3.63, 3.8) is 0 Å². The molecule has 0 unspecified atom stereocenters. The average Bonchev–Trinajstić information content (AvgIpc) is 3.17. The van der Waals surface area contributed by atoms with Crippen LogP contribution in [0, 0.1) is 6.92 Å². The van der Waals surface area contributed by atoms with Crippen molar-refractivity contribution in [2.75, 3.05) is 0 Å². The predicted molar refractivity (Wildman–Crippen MR) is 109 cm³/mol. The van der Waals surface area contributed by atoms with E-state index in [1.165, 1.54) is 0 Å². The van der Waals surface area contributed by atoms with Crippen LogP contribution in [0.3, 0.4) is 0 Å². The van der Waals surface area contributed by atoms with Gasteiger partial charge >= 0.3 is 0 Å². The van der Waals surface area contributed by atoms with Crippen LogP contribution in [-0.4, -0.2) is 27.7 Å². The van der Waals surface area contributed by atoms with Crippen molar-refractivity contribution in [2.45, 2.75) is 6.92 Å². The summed E-state index contributed by atoms with van der Waals surface area (Å²) in [6.45, 7) is 1.60. The topological polar surface area (TPSA) is 92.5 Å². The van der Waals surface area contributed by atoms with Crippen molar-refractivity contribution in [2.24, 2.45) is 0 Å². The number of oxazole rings is 1. The van der Waals surface area contributed by atoms with E-state index in [1.54, 1.807) is 31.2 Å². The second-order valence-electron chi connectivity index (χ2n) is 6.89. The molecular weight excluding hydrogens is 382 g/mol. The minimum absolute atomic E-state index is 0.00604. The van der Waals surface area contributed by atoms with Gasteiger partial charge in [-0.1, -0.05) is 42.5 Å². The molecule has 146 valence electrons. The molecule has 1 aromatic heterocycles. The Kier molecular flexibility index (Phi) is 3.96. The molecular formula is C23H15N3O4. The van der Waals surface area contributed by atoms with Gasteiger partial charge in [0.1, 0.15) is 5.76 Å². The van der Waals surface area contributed by atoms with Gasteiger partial charge in [0.25, 0.3) is 17.7 Å². The molecule has 4 aromatic rings. The molecule has 0 atom stereocenters. The van der Waals surface area contributed by atoms with E-state index in [0.29, 0.717) is 22.1 Å². The normalized spacial score (nSPS) is 13.0. The number of imide groups is 1. The molecule has 30 heavy (non-hydrogen) atoms. The lowest BCUT2D eigenvalue weighted by molar-refractivity contribution is 0.0477. The number of hydrazine groups is 1. The molecule has 0 saturated carbocycles. The Morgan fingerprint density at radius 3 is 2.17 bits per heavy atom. The highest BCUT2D eigenvalue weighted by Gasteiger charge is 2.35. The Morgan fingerprint density at radius 2 is 1.53 bits per heavy atom. The van der Waals surface area contributed by atoms with E-state index < -0.39 is 17.7 Å². The molecule has 7 nitrogen and oxygen atoms in total. The fourth-order valence-corrected chi connectivity index (χ4v) is 3.60. The molecule has 1 aliphatic heterocycles. The average molecular weight is 397 g/mol. The maximum atomic E-state index is 12.9. The van der Waals surface area contributed by atoms with Gasteiger partial charge in [0, 0.05) is 10.9 Å². The summed E-state index contributed by atoms with van der Waals surface area (Å²) in [5, 5.41) is 2.11. The van der Waals surface area contributed by atoms with Crippen LogP contribution in [0.4, 0.5) is 0 Å². The van der Waals surface area contributed by atoms with Crippen LogP contribution in [0.2, 0.25) is 0 Å². The van der Waals surface area contributed by atoms with Crippen molar-refractivity contribution in [1.82, 2.24) is 15.4 Å². The predicted octanol–water partition coefficient (Wildman–Crippen LogP) is 3.74. The molecule has 3 amide bonds. The first-order valence-electron chi connectivity index (χ1n) is 9.29. The lowest BCUT2D eigenvalue weighted by Gasteiger charge is -2.26. The van der Waals surface area contributed by atoms with Crippen LogP contribution in [0.1, 0.15) is 37.0 Å². The quantitative estimate of drug-likeness (QED) is 0.532. The number of aryl methyl sites for hydroxylation is 1. The number of nitrogens with zero attached hydrogens (tertiary/aromatic N) is 2. The summed E-state index contributed by atoms with van der Waals surface area (Å²) in [4.78, 5) is 43.0. The Bertz CT molecular complexity index is 1290. The summed E-state index contributed by atoms with van der Waals surface area (Å²) in [5.41, 5.74) is 3.82. The first-order valence-corrected chi connectivity index (χ1v) is 9.29. The summed E-state index contributed by atoms with van der Waals surface area (Å²) >= 11 is 0. The molecule has 0 spiro atoms. The van der Waals surface area contributed by atoms with Gasteiger partial charge in [-0.25, -0.2) is 4.98 Å². The maximum absolute atomic E-state index is 12.9. The molecule has 1 aliphatic rings. The summed E-state index contributed by atoms with van der Waals surface area (Å²) in [7, 11) is 0. The van der Waals surface area contributed by atoms with E-state index in [-0.39, 0.29) is 17.3 Å². The van der Waals surface area contributed by atoms with Gasteiger partial charge in [0.2, 0.25) is 5.89 Å². The number of hydrogen-bond donors (Lipinski definition) is 1. The molecule has 0 saturated heterocycles. The van der Waals surface area contributed by atoms with Gasteiger partial charge in [-0.3, -0.25) is 19.8 Å². The number of hydrogen-bond acceptors (Lipinski definition) is 5. The zero-order valence-electron chi connectivity index (χ0n) is 15.9. The highest BCUT2D eigenvalue weighted by molar-refractivity contribution is 6.25. The van der Waals surface area contributed by atoms with Gasteiger partial charge in [-0.15, -0.1) is 0 Å². The maximum Gasteiger partial charge on any atom is 0.292 e. The molecule has 0 radical (unpaired) electrons. The van der Waals surface area contributed by atoms with E-state index in [0.717, 1.165) is 10.4 Å². The first kappa shape index (κ1) is 17.8. The minimum Gasteiger partial charge on any atom is -0.441 e. The number of aromatic nitrogens is 1. The number of benzene rings is 3. The van der Waals surface area contributed by atoms with Crippen molar-refractivity contribution in [1.29, 1.82) is 0 Å². The molecule has 3 aromatic carbocycles. The third kappa shape index (κ3) is 2.68. The number of amides is 3. The molecule has 7 heteroatoms. The fourth-order valence-electron chi connectivity index (χ4n) is 3.60. The van der Waals surface area contributed by atoms with Crippen molar-refractivity contribution in [3.8, 4) is 11.5 Å². The van der Waals surface area contributed by atoms with Gasteiger partial charge in [0.15, 0.2) is 5.69 Å². The standard InChI is InChI=1S/C23H15N3O4/c1-13-19(24-21(30-13)15-7-3-2-4-8-15)20(27)25-26-22(28)16-11-5-9-14-10-6-12-17(18(14)16)23(26)29/h2-12H,1H3,(H,25,27). The van der Waals surface area contributed by atoms with Gasteiger partial charge < -0.3 is 4.42 Å². The van der Waals surface area contributed by atoms with Crippen molar-refractivity contribution >= 4 is 28.5 Å². The molecule has 0 aliphatic carbocycles. The number of nitrogens with one attached hydrogen (secondary N) is 1. The number of rotatable bonds is 3. The fraction of sp³-hybridized carbons (Fsp3) is 0.0435. The van der Waals surface area contributed by atoms with E-state index in [9.17, 15) is 14.4 Å². The van der Waals surface area contributed by atoms with E-state index in [1.807, 2.05) is 42.5 Å². The highest BCUT2D eigenvalue weighted by atomic mass is 16.4. The van der Waals surface area contributed by atoms with Gasteiger partial charge in [-0.2, -0.15) is 5.01 Å². The smallest absolute Gasteiger partial charge is 0.292 e. The van der Waals surface area contributed by atoms with Crippen LogP contribution in [0.5, 0.6) is 0 Å². The third-order valence-electron chi connectivity index (χ3n) is 5.02. The third-order valence-corrected chi connectivity index (χ3v) is 5.02. The zero-order valence-corrected chi connectivity index (χ0v) is 15.9. The Morgan fingerprint density at radius 1 is 0.900 bits per heavy atom. The minimum atomic E-state index is -0.702. The summed E-state index contributed by atoms with van der Waals surface area (Å²) in [6.07, 6.45) is 0. The van der Waals surface area contributed by atoms with E-state index >= 15 is 0 Å². The molecule has 1 N–H and O–H groups in total. The Balaban J connectivity index is 1.48. The second-order valence-corrected chi connectivity index (χ2v) is 6.89. The lowest BCUT2D eigenvalue weighted by atomic mass is 9.95. The highest BCUT2D eigenvalue weighted by Crippen LogP contribution is 2.29. The van der Waals surface area contributed by atoms with E-state index in [4.69, 9.17) is 4.42 Å². The Labute approximate surface area is 170 Å². The number of carbonyl (C=O) groups is 3. The molecule has 2 heterocycles. The molecule has 0 bridgehead atoms. The SMILES string of the molecule is Cc1oc(-c2ccccc2)nc1C(=O)NN1C(=O)c2cccc3cccc(c23)C1=O. The lowest BCUT2D eigenvalue weighted by Crippen LogP contribution is -2.51. The van der Waals surface area contributed by atoms with Crippen LogP contribution in [0.15, 0.2) is 71.1 Å². The van der Waals surface area contributed by atoms with E-state index in [2.05, 4.69) is 10.4 Å². The summed E-state index contributed by atoms with van der Waals surface area (Å²) in [5.74, 6) is -1.33. The Hall–Kier alpha value is -4.26. The van der Waals surface area contributed by atoms with Crippen LogP contribution in [-0.2, 0) is 0 Å².